The fraction of sp³-hybridized carbons (Fsp3) is 0.100. The predicted octanol–water partition coefficient (Wildman–Crippen LogP) is 1.81. The van der Waals surface area contributed by atoms with E-state index in [1.54, 1.807) is 18.3 Å². The molecule has 5 heteroatoms. The zero-order valence-electron chi connectivity index (χ0n) is 7.77. The first-order valence-electron chi connectivity index (χ1n) is 4.35. The topological polar surface area (TPSA) is 54.9 Å². The van der Waals surface area contributed by atoms with Crippen molar-refractivity contribution in [1.82, 2.24) is 9.97 Å². The fourth-order valence-electron chi connectivity index (χ4n) is 1.25. The van der Waals surface area contributed by atoms with Gasteiger partial charge in [-0.3, -0.25) is 4.79 Å². The lowest BCUT2D eigenvalue weighted by Gasteiger charge is -2.03. The SMILES string of the molecule is O=C(CCl)Nc1ccc2cncnc2c1. The second-order valence-electron chi connectivity index (χ2n) is 2.98. The number of aromatic nitrogens is 2. The first-order valence-corrected chi connectivity index (χ1v) is 4.88. The van der Waals surface area contributed by atoms with E-state index in [0.717, 1.165) is 10.9 Å². The Hall–Kier alpha value is -1.68. The number of halogens is 1. The molecule has 0 radical (unpaired) electrons. The third-order valence-corrected chi connectivity index (χ3v) is 2.16. The Balaban J connectivity index is 2.34. The van der Waals surface area contributed by atoms with E-state index in [9.17, 15) is 4.79 Å². The molecule has 76 valence electrons. The lowest BCUT2D eigenvalue weighted by atomic mass is 10.2. The van der Waals surface area contributed by atoms with E-state index in [4.69, 9.17) is 11.6 Å². The second-order valence-corrected chi connectivity index (χ2v) is 3.25. The number of carbonyl (C=O) groups is 1. The van der Waals surface area contributed by atoms with Gasteiger partial charge in [0.2, 0.25) is 5.91 Å². The standard InChI is InChI=1S/C10H8ClN3O/c11-4-10(15)14-8-2-1-7-5-12-6-13-9(7)3-8/h1-3,5-6H,4H2,(H,14,15). The predicted molar refractivity (Wildman–Crippen MR) is 58.9 cm³/mol. The molecule has 15 heavy (non-hydrogen) atoms. The zero-order valence-corrected chi connectivity index (χ0v) is 8.53. The average Bonchev–Trinajstić information content (AvgIpc) is 2.29. The van der Waals surface area contributed by atoms with Crippen LogP contribution in [0, 0.1) is 0 Å². The van der Waals surface area contributed by atoms with E-state index in [2.05, 4.69) is 15.3 Å². The van der Waals surface area contributed by atoms with Crippen LogP contribution in [0.2, 0.25) is 0 Å². The molecule has 1 aromatic carbocycles. The van der Waals surface area contributed by atoms with Crippen molar-refractivity contribution in [2.45, 2.75) is 0 Å². The van der Waals surface area contributed by atoms with Gasteiger partial charge in [0.1, 0.15) is 12.2 Å². The first-order chi connectivity index (χ1) is 7.29. The third-order valence-electron chi connectivity index (χ3n) is 1.91. The molecule has 2 rings (SSSR count). The van der Waals surface area contributed by atoms with Crippen LogP contribution >= 0.6 is 11.6 Å². The maximum atomic E-state index is 11.0. The van der Waals surface area contributed by atoms with Crippen LogP contribution in [0.25, 0.3) is 10.9 Å². The largest absolute Gasteiger partial charge is 0.325 e. The van der Waals surface area contributed by atoms with Crippen molar-refractivity contribution in [3.8, 4) is 0 Å². The minimum atomic E-state index is -0.231. The van der Waals surface area contributed by atoms with Gasteiger partial charge in [-0.15, -0.1) is 11.6 Å². The second kappa shape index (κ2) is 4.23. The van der Waals surface area contributed by atoms with Crippen LogP contribution in [0.1, 0.15) is 0 Å². The van der Waals surface area contributed by atoms with E-state index < -0.39 is 0 Å². The van der Waals surface area contributed by atoms with Gasteiger partial charge in [0.25, 0.3) is 0 Å². The van der Waals surface area contributed by atoms with Crippen molar-refractivity contribution in [1.29, 1.82) is 0 Å². The molecular formula is C10H8ClN3O. The number of fused-ring (bicyclic) bond motifs is 1. The molecule has 0 spiro atoms. The number of rotatable bonds is 2. The summed E-state index contributed by atoms with van der Waals surface area (Å²) in [6.07, 6.45) is 3.19. The highest BCUT2D eigenvalue weighted by Crippen LogP contribution is 2.15. The third kappa shape index (κ3) is 2.22. The molecule has 1 amide bonds. The molecule has 0 fully saturated rings. The van der Waals surface area contributed by atoms with Gasteiger partial charge in [0.15, 0.2) is 0 Å². The first kappa shape index (κ1) is 9.86. The van der Waals surface area contributed by atoms with Crippen molar-refractivity contribution in [3.05, 3.63) is 30.7 Å². The number of alkyl halides is 1. The Labute approximate surface area is 91.3 Å². The van der Waals surface area contributed by atoms with Crippen LogP contribution in [-0.2, 0) is 4.79 Å². The molecular weight excluding hydrogens is 214 g/mol. The average molecular weight is 222 g/mol. The normalized spacial score (nSPS) is 10.2. The highest BCUT2D eigenvalue weighted by Gasteiger charge is 2.01. The Bertz CT molecular complexity index is 501. The number of hydrogen-bond acceptors (Lipinski definition) is 3. The van der Waals surface area contributed by atoms with Crippen LogP contribution in [0.3, 0.4) is 0 Å². The maximum absolute atomic E-state index is 11.0. The van der Waals surface area contributed by atoms with E-state index >= 15 is 0 Å². The number of anilines is 1. The van der Waals surface area contributed by atoms with Gasteiger partial charge in [-0.25, -0.2) is 9.97 Å². The number of amides is 1. The van der Waals surface area contributed by atoms with Crippen LogP contribution in [-0.4, -0.2) is 21.8 Å². The summed E-state index contributed by atoms with van der Waals surface area (Å²) in [5, 5.41) is 3.58. The fourth-order valence-corrected chi connectivity index (χ4v) is 1.31. The molecule has 2 aromatic rings. The van der Waals surface area contributed by atoms with Crippen molar-refractivity contribution in [3.63, 3.8) is 0 Å². The summed E-state index contributed by atoms with van der Waals surface area (Å²) < 4.78 is 0. The lowest BCUT2D eigenvalue weighted by Crippen LogP contribution is -2.12. The summed E-state index contributed by atoms with van der Waals surface area (Å²) in [6, 6.07) is 5.41. The van der Waals surface area contributed by atoms with Crippen molar-refractivity contribution in [2.75, 3.05) is 11.2 Å². The zero-order chi connectivity index (χ0) is 10.7. The lowest BCUT2D eigenvalue weighted by molar-refractivity contribution is -0.113. The highest BCUT2D eigenvalue weighted by atomic mass is 35.5. The summed E-state index contributed by atoms with van der Waals surface area (Å²) in [5.41, 5.74) is 1.48. The van der Waals surface area contributed by atoms with Gasteiger partial charge in [0.05, 0.1) is 5.52 Å². The Morgan fingerprint density at radius 1 is 1.47 bits per heavy atom. The molecule has 0 atom stereocenters. The molecule has 0 bridgehead atoms. The molecule has 0 aliphatic carbocycles. The van der Waals surface area contributed by atoms with Crippen LogP contribution < -0.4 is 5.32 Å². The maximum Gasteiger partial charge on any atom is 0.239 e. The monoisotopic (exact) mass is 221 g/mol. The minimum absolute atomic E-state index is 0.0538. The molecule has 0 aliphatic rings. The Kier molecular flexibility index (Phi) is 2.78. The smallest absolute Gasteiger partial charge is 0.239 e. The number of carbonyl (C=O) groups excluding carboxylic acids is 1. The van der Waals surface area contributed by atoms with Crippen molar-refractivity contribution in [2.24, 2.45) is 0 Å². The summed E-state index contributed by atoms with van der Waals surface area (Å²) in [6.45, 7) is 0. The summed E-state index contributed by atoms with van der Waals surface area (Å²) in [7, 11) is 0. The summed E-state index contributed by atoms with van der Waals surface area (Å²) in [4.78, 5) is 19.0. The van der Waals surface area contributed by atoms with E-state index in [1.165, 1.54) is 6.33 Å². The molecule has 1 heterocycles. The number of nitrogens with one attached hydrogen (secondary N) is 1. The van der Waals surface area contributed by atoms with Gasteiger partial charge in [-0.1, -0.05) is 0 Å². The molecule has 1 N–H and O–H groups in total. The van der Waals surface area contributed by atoms with Gasteiger partial charge in [-0.2, -0.15) is 0 Å². The molecule has 1 aromatic heterocycles. The Morgan fingerprint density at radius 2 is 2.33 bits per heavy atom. The Morgan fingerprint density at radius 3 is 3.13 bits per heavy atom. The van der Waals surface area contributed by atoms with E-state index in [-0.39, 0.29) is 11.8 Å². The number of nitrogens with zero attached hydrogens (tertiary/aromatic N) is 2. The van der Waals surface area contributed by atoms with Crippen LogP contribution in [0.15, 0.2) is 30.7 Å². The van der Waals surface area contributed by atoms with Gasteiger partial charge in [-0.05, 0) is 18.2 Å². The van der Waals surface area contributed by atoms with Crippen molar-refractivity contribution < 1.29 is 4.79 Å². The highest BCUT2D eigenvalue weighted by molar-refractivity contribution is 6.29. The number of benzene rings is 1. The van der Waals surface area contributed by atoms with Gasteiger partial charge < -0.3 is 5.32 Å². The summed E-state index contributed by atoms with van der Waals surface area (Å²) in [5.74, 6) is -0.285. The minimum Gasteiger partial charge on any atom is -0.325 e. The molecule has 0 saturated heterocycles. The van der Waals surface area contributed by atoms with Crippen molar-refractivity contribution >= 4 is 34.1 Å². The van der Waals surface area contributed by atoms with E-state index in [0.29, 0.717) is 5.69 Å². The quantitative estimate of drug-likeness (QED) is 0.787. The molecule has 0 saturated carbocycles. The van der Waals surface area contributed by atoms with E-state index in [1.807, 2.05) is 6.07 Å². The molecule has 0 aliphatic heterocycles. The van der Waals surface area contributed by atoms with Crippen LogP contribution in [0.5, 0.6) is 0 Å². The molecule has 4 nitrogen and oxygen atoms in total. The molecule has 0 unspecified atom stereocenters. The van der Waals surface area contributed by atoms with Gasteiger partial charge in [0, 0.05) is 17.3 Å². The van der Waals surface area contributed by atoms with Gasteiger partial charge >= 0.3 is 0 Å². The number of hydrogen-bond donors (Lipinski definition) is 1. The van der Waals surface area contributed by atoms with Crippen LogP contribution in [0.4, 0.5) is 5.69 Å². The summed E-state index contributed by atoms with van der Waals surface area (Å²) >= 11 is 5.38.